The van der Waals surface area contributed by atoms with Gasteiger partial charge in [0.1, 0.15) is 6.33 Å². The molecule has 0 saturated carbocycles. The molecular formula is C10H9BrN4O. The third-order valence-electron chi connectivity index (χ3n) is 2.09. The molecule has 0 aliphatic heterocycles. The Hall–Kier alpha value is -1.69. The number of aryl methyl sites for hydroxylation is 1. The number of benzene rings is 1. The number of aromatic nitrogens is 3. The molecule has 0 aliphatic carbocycles. The Labute approximate surface area is 100 Å². The predicted octanol–water partition coefficient (Wildman–Crippen LogP) is 2.13. The molecule has 1 amide bonds. The van der Waals surface area contributed by atoms with E-state index >= 15 is 0 Å². The number of rotatable bonds is 2. The summed E-state index contributed by atoms with van der Waals surface area (Å²) < 4.78 is 0.862. The Morgan fingerprint density at radius 1 is 1.50 bits per heavy atom. The number of aromatic amines is 1. The van der Waals surface area contributed by atoms with Gasteiger partial charge in [-0.3, -0.25) is 10.1 Å². The van der Waals surface area contributed by atoms with E-state index in [9.17, 15) is 4.79 Å². The SMILES string of the molecule is Cc1ccc(Br)cc1C(=O)Nc1ncn[nH]1. The third-order valence-corrected chi connectivity index (χ3v) is 2.58. The number of carbonyl (C=O) groups excluding carboxylic acids is 1. The number of amides is 1. The zero-order valence-corrected chi connectivity index (χ0v) is 10.1. The largest absolute Gasteiger partial charge is 0.291 e. The minimum atomic E-state index is -0.212. The number of halogens is 1. The highest BCUT2D eigenvalue weighted by Gasteiger charge is 2.10. The molecule has 0 unspecified atom stereocenters. The smallest absolute Gasteiger partial charge is 0.258 e. The summed E-state index contributed by atoms with van der Waals surface area (Å²) in [6.45, 7) is 1.88. The molecular weight excluding hydrogens is 272 g/mol. The second kappa shape index (κ2) is 4.44. The molecule has 6 heteroatoms. The van der Waals surface area contributed by atoms with Crippen molar-refractivity contribution in [1.29, 1.82) is 0 Å². The minimum Gasteiger partial charge on any atom is -0.291 e. The van der Waals surface area contributed by atoms with Gasteiger partial charge in [-0.25, -0.2) is 5.10 Å². The van der Waals surface area contributed by atoms with Gasteiger partial charge in [0.05, 0.1) is 0 Å². The third kappa shape index (κ3) is 2.27. The molecule has 1 aromatic carbocycles. The van der Waals surface area contributed by atoms with Crippen LogP contribution in [0.4, 0.5) is 5.95 Å². The fourth-order valence-corrected chi connectivity index (χ4v) is 1.64. The minimum absolute atomic E-state index is 0.212. The van der Waals surface area contributed by atoms with Gasteiger partial charge in [-0.1, -0.05) is 22.0 Å². The Balaban J connectivity index is 2.24. The van der Waals surface area contributed by atoms with Crippen LogP contribution in [0.5, 0.6) is 0 Å². The van der Waals surface area contributed by atoms with E-state index in [2.05, 4.69) is 36.4 Å². The molecule has 1 heterocycles. The molecule has 0 aliphatic rings. The van der Waals surface area contributed by atoms with Gasteiger partial charge >= 0.3 is 0 Å². The summed E-state index contributed by atoms with van der Waals surface area (Å²) in [7, 11) is 0. The molecule has 82 valence electrons. The average molecular weight is 281 g/mol. The lowest BCUT2D eigenvalue weighted by Gasteiger charge is -2.05. The highest BCUT2D eigenvalue weighted by Crippen LogP contribution is 2.16. The van der Waals surface area contributed by atoms with Crippen molar-refractivity contribution in [3.8, 4) is 0 Å². The van der Waals surface area contributed by atoms with E-state index < -0.39 is 0 Å². The van der Waals surface area contributed by atoms with Crippen LogP contribution in [0.2, 0.25) is 0 Å². The van der Waals surface area contributed by atoms with Crippen LogP contribution < -0.4 is 5.32 Å². The van der Waals surface area contributed by atoms with Gasteiger partial charge in [-0.05, 0) is 24.6 Å². The van der Waals surface area contributed by atoms with E-state index in [1.54, 1.807) is 6.07 Å². The number of H-pyrrole nitrogens is 1. The quantitative estimate of drug-likeness (QED) is 0.885. The van der Waals surface area contributed by atoms with Crippen molar-refractivity contribution in [2.75, 3.05) is 5.32 Å². The first-order chi connectivity index (χ1) is 7.66. The summed E-state index contributed by atoms with van der Waals surface area (Å²) in [5.74, 6) is 0.125. The first-order valence-corrected chi connectivity index (χ1v) is 5.39. The second-order valence-electron chi connectivity index (χ2n) is 3.25. The van der Waals surface area contributed by atoms with Crippen molar-refractivity contribution < 1.29 is 4.79 Å². The van der Waals surface area contributed by atoms with Crippen LogP contribution in [0.25, 0.3) is 0 Å². The molecule has 5 nitrogen and oxygen atoms in total. The maximum absolute atomic E-state index is 11.9. The first kappa shape index (κ1) is 10.8. The number of hydrogen-bond acceptors (Lipinski definition) is 3. The highest BCUT2D eigenvalue weighted by atomic mass is 79.9. The van der Waals surface area contributed by atoms with Crippen LogP contribution in [0, 0.1) is 6.92 Å². The highest BCUT2D eigenvalue weighted by molar-refractivity contribution is 9.10. The molecule has 0 bridgehead atoms. The van der Waals surface area contributed by atoms with Crippen molar-refractivity contribution in [2.45, 2.75) is 6.92 Å². The molecule has 2 aromatic rings. The summed E-state index contributed by atoms with van der Waals surface area (Å²) in [6.07, 6.45) is 1.34. The number of carbonyl (C=O) groups is 1. The molecule has 0 atom stereocenters. The molecule has 16 heavy (non-hydrogen) atoms. The maximum Gasteiger partial charge on any atom is 0.258 e. The summed E-state index contributed by atoms with van der Waals surface area (Å²) in [5, 5.41) is 8.83. The Bertz CT molecular complexity index is 510. The lowest BCUT2D eigenvalue weighted by Crippen LogP contribution is -2.14. The molecule has 0 fully saturated rings. The van der Waals surface area contributed by atoms with Gasteiger partial charge in [0.15, 0.2) is 0 Å². The standard InChI is InChI=1S/C10H9BrN4O/c1-6-2-3-7(11)4-8(6)9(16)14-10-12-5-13-15-10/h2-5H,1H3,(H2,12,13,14,15,16). The van der Waals surface area contributed by atoms with Crippen molar-refractivity contribution in [3.63, 3.8) is 0 Å². The molecule has 0 radical (unpaired) electrons. The zero-order valence-electron chi connectivity index (χ0n) is 8.49. The lowest BCUT2D eigenvalue weighted by atomic mass is 10.1. The van der Waals surface area contributed by atoms with Crippen molar-refractivity contribution in [2.24, 2.45) is 0 Å². The zero-order chi connectivity index (χ0) is 11.5. The number of nitrogens with one attached hydrogen (secondary N) is 2. The number of hydrogen-bond donors (Lipinski definition) is 2. The van der Waals surface area contributed by atoms with E-state index in [-0.39, 0.29) is 5.91 Å². The van der Waals surface area contributed by atoms with Crippen molar-refractivity contribution >= 4 is 27.8 Å². The van der Waals surface area contributed by atoms with Gasteiger partial charge in [-0.2, -0.15) is 10.1 Å². The predicted molar refractivity (Wildman–Crippen MR) is 63.2 cm³/mol. The maximum atomic E-state index is 11.9. The van der Waals surface area contributed by atoms with Crippen molar-refractivity contribution in [3.05, 3.63) is 40.1 Å². The van der Waals surface area contributed by atoms with Crippen LogP contribution in [0.15, 0.2) is 29.0 Å². The second-order valence-corrected chi connectivity index (χ2v) is 4.16. The normalized spacial score (nSPS) is 10.1. The topological polar surface area (TPSA) is 70.7 Å². The molecule has 1 aromatic heterocycles. The van der Waals surface area contributed by atoms with E-state index in [0.717, 1.165) is 10.0 Å². The monoisotopic (exact) mass is 280 g/mol. The number of anilines is 1. The fraction of sp³-hybridized carbons (Fsp3) is 0.100. The van der Waals surface area contributed by atoms with Crippen LogP contribution >= 0.6 is 15.9 Å². The van der Waals surface area contributed by atoms with Gasteiger partial charge in [0.2, 0.25) is 5.95 Å². The molecule has 0 spiro atoms. The molecule has 0 saturated heterocycles. The van der Waals surface area contributed by atoms with Gasteiger partial charge in [0, 0.05) is 10.0 Å². The average Bonchev–Trinajstić information content (AvgIpc) is 2.74. The summed E-state index contributed by atoms with van der Waals surface area (Å²) in [4.78, 5) is 15.7. The fourth-order valence-electron chi connectivity index (χ4n) is 1.28. The molecule has 2 N–H and O–H groups in total. The number of nitrogens with zero attached hydrogens (tertiary/aromatic N) is 2. The summed E-state index contributed by atoms with van der Waals surface area (Å²) >= 11 is 3.33. The Kier molecular flexibility index (Phi) is 3.00. The van der Waals surface area contributed by atoms with Crippen LogP contribution in [-0.4, -0.2) is 21.1 Å². The Morgan fingerprint density at radius 2 is 2.31 bits per heavy atom. The van der Waals surface area contributed by atoms with Gasteiger partial charge < -0.3 is 0 Å². The Morgan fingerprint density at radius 3 is 3.00 bits per heavy atom. The van der Waals surface area contributed by atoms with Gasteiger partial charge in [-0.15, -0.1) is 0 Å². The van der Waals surface area contributed by atoms with Gasteiger partial charge in [0.25, 0.3) is 5.91 Å². The van der Waals surface area contributed by atoms with E-state index in [4.69, 9.17) is 0 Å². The summed E-state index contributed by atoms with van der Waals surface area (Å²) in [5.41, 5.74) is 1.51. The van der Waals surface area contributed by atoms with E-state index in [1.807, 2.05) is 19.1 Å². The van der Waals surface area contributed by atoms with E-state index in [1.165, 1.54) is 6.33 Å². The van der Waals surface area contributed by atoms with Crippen LogP contribution in [0.3, 0.4) is 0 Å². The van der Waals surface area contributed by atoms with Crippen LogP contribution in [-0.2, 0) is 0 Å². The lowest BCUT2D eigenvalue weighted by molar-refractivity contribution is 0.102. The van der Waals surface area contributed by atoms with E-state index in [0.29, 0.717) is 11.5 Å². The first-order valence-electron chi connectivity index (χ1n) is 4.59. The van der Waals surface area contributed by atoms with Crippen LogP contribution in [0.1, 0.15) is 15.9 Å². The van der Waals surface area contributed by atoms with Crippen molar-refractivity contribution in [1.82, 2.24) is 15.2 Å². The molecule has 2 rings (SSSR count). The summed E-state index contributed by atoms with van der Waals surface area (Å²) in [6, 6.07) is 5.53.